The maximum Gasteiger partial charge on any atom is 0.406 e. The zero-order valence-corrected chi connectivity index (χ0v) is 27.1. The van der Waals surface area contributed by atoms with Crippen LogP contribution in [0.1, 0.15) is 31.7 Å². The summed E-state index contributed by atoms with van der Waals surface area (Å²) in [5.41, 5.74) is 4.48. The highest BCUT2D eigenvalue weighted by molar-refractivity contribution is 7.51. The molecule has 5 unspecified atom stereocenters. The fraction of sp³-hybridized carbons (Fsp3) is 0.290. The Morgan fingerprint density at radius 1 is 1.16 bits per heavy atom. The summed E-state index contributed by atoms with van der Waals surface area (Å²) in [5.74, 6) is -5.88. The molecule has 14 nitrogen and oxygen atoms in total. The first-order valence-electron chi connectivity index (χ1n) is 14.9. The van der Waals surface area contributed by atoms with Gasteiger partial charge in [0, 0.05) is 30.4 Å². The molecule has 1 aliphatic rings. The second-order valence-corrected chi connectivity index (χ2v) is 12.8. The quantitative estimate of drug-likeness (QED) is 0.0644. The lowest BCUT2D eigenvalue weighted by atomic mass is 10.0. The normalized spacial score (nSPS) is 20.3. The molecule has 1 aliphatic heterocycles. The summed E-state index contributed by atoms with van der Waals surface area (Å²) in [6, 6.07) is 13.5. The van der Waals surface area contributed by atoms with Crippen molar-refractivity contribution in [2.75, 3.05) is 18.9 Å². The van der Waals surface area contributed by atoms with Crippen molar-refractivity contribution >= 4 is 19.3 Å². The molecule has 0 amide bonds. The van der Waals surface area contributed by atoms with Crippen LogP contribution >= 0.6 is 7.75 Å². The number of alkyl halides is 2. The highest BCUT2D eigenvalue weighted by Gasteiger charge is 2.60. The summed E-state index contributed by atoms with van der Waals surface area (Å²) in [7, 11) is -4.36. The topological polar surface area (TPSA) is 190 Å². The molecule has 3 aromatic carbocycles. The first kappa shape index (κ1) is 36.6. The van der Waals surface area contributed by atoms with E-state index in [2.05, 4.69) is 10.1 Å². The second-order valence-electron chi connectivity index (χ2n) is 11.0. The number of benzene rings is 3. The van der Waals surface area contributed by atoms with Gasteiger partial charge in [0.1, 0.15) is 29.3 Å². The summed E-state index contributed by atoms with van der Waals surface area (Å²) in [6.45, 7) is 2.10. The number of nitrogens with one attached hydrogen (secondary N) is 1. The molecule has 0 aliphatic carbocycles. The molecule has 0 radical (unpaired) electrons. The molecule has 0 spiro atoms. The smallest absolute Gasteiger partial charge is 0.406 e. The Labute approximate surface area is 281 Å². The minimum atomic E-state index is -4.36. The number of aliphatic hydroxyl groups excluding tert-OH is 1. The van der Waals surface area contributed by atoms with Gasteiger partial charge in [-0.15, -0.1) is 0 Å². The molecule has 1 saturated heterocycles. The predicted octanol–water partition coefficient (Wildman–Crippen LogP) is 5.88. The van der Waals surface area contributed by atoms with Crippen LogP contribution in [0.15, 0.2) is 77.7 Å². The minimum Gasteiger partial charge on any atom is -0.450 e. The van der Waals surface area contributed by atoms with Crippen LogP contribution in [0, 0.1) is 21.7 Å². The van der Waals surface area contributed by atoms with Gasteiger partial charge < -0.3 is 20.3 Å². The van der Waals surface area contributed by atoms with E-state index in [0.717, 1.165) is 24.4 Å². The molecule has 19 heteroatoms. The van der Waals surface area contributed by atoms with Crippen molar-refractivity contribution in [2.45, 2.75) is 44.3 Å². The van der Waals surface area contributed by atoms with Crippen molar-refractivity contribution in [3.63, 3.8) is 0 Å². The van der Waals surface area contributed by atoms with E-state index in [9.17, 15) is 42.1 Å². The molecule has 266 valence electrons. The standard InChI is InChI=1S/C31H30F4N5O9P/c1-3-37-50(45,46-16-26-28(41)31(34,35)29(48-26)39-13-12-27(36)38-30(39)42)49-17(2)19-6-11-24(40(43)44)25(14-19)47-21-9-10-22(23(33)15-21)18-4-7-20(32)8-5-18/h4-15,17,26,28-29,41H,3,16H2,1-2H3,(H,37,45)(H2,36,38,42). The lowest BCUT2D eigenvalue weighted by Gasteiger charge is -2.25. The van der Waals surface area contributed by atoms with Gasteiger partial charge in [-0.2, -0.15) is 13.8 Å². The number of nitrogens with zero attached hydrogens (tertiary/aromatic N) is 3. The lowest BCUT2D eigenvalue weighted by molar-refractivity contribution is -0.385. The van der Waals surface area contributed by atoms with Gasteiger partial charge in [0.05, 0.1) is 17.6 Å². The van der Waals surface area contributed by atoms with Crippen molar-refractivity contribution in [1.82, 2.24) is 14.6 Å². The summed E-state index contributed by atoms with van der Waals surface area (Å²) < 4.78 is 94.3. The molecule has 4 aromatic rings. The van der Waals surface area contributed by atoms with E-state index in [0.29, 0.717) is 10.1 Å². The van der Waals surface area contributed by atoms with Gasteiger partial charge in [0.15, 0.2) is 6.10 Å². The van der Waals surface area contributed by atoms with Crippen molar-refractivity contribution in [1.29, 1.82) is 0 Å². The molecule has 0 saturated carbocycles. The zero-order valence-electron chi connectivity index (χ0n) is 26.2. The first-order valence-corrected chi connectivity index (χ1v) is 16.4. The number of ether oxygens (including phenoxy) is 2. The van der Waals surface area contributed by atoms with E-state index in [4.69, 9.17) is 24.3 Å². The number of hydrogen-bond donors (Lipinski definition) is 3. The highest BCUT2D eigenvalue weighted by atomic mass is 31.2. The number of nitrogen functional groups attached to an aromatic ring is 1. The number of aromatic nitrogens is 2. The Kier molecular flexibility index (Phi) is 10.7. The molecule has 1 fully saturated rings. The molecule has 4 N–H and O–H groups in total. The van der Waals surface area contributed by atoms with Crippen molar-refractivity contribution in [2.24, 2.45) is 0 Å². The van der Waals surface area contributed by atoms with Crippen molar-refractivity contribution < 1.29 is 50.7 Å². The van der Waals surface area contributed by atoms with Gasteiger partial charge in [0.25, 0.3) is 0 Å². The minimum absolute atomic E-state index is 0.0114. The van der Waals surface area contributed by atoms with Gasteiger partial charge in [0.2, 0.25) is 12.0 Å². The van der Waals surface area contributed by atoms with E-state index >= 15 is 0 Å². The number of nitro groups is 1. The van der Waals surface area contributed by atoms with Crippen molar-refractivity contribution in [3.05, 3.63) is 111 Å². The fourth-order valence-electron chi connectivity index (χ4n) is 5.02. The maximum absolute atomic E-state index is 15.0. The van der Waals surface area contributed by atoms with Crippen LogP contribution in [0.3, 0.4) is 0 Å². The molecule has 0 bridgehead atoms. The fourth-order valence-corrected chi connectivity index (χ4v) is 6.52. The molecule has 2 heterocycles. The molecule has 1 aromatic heterocycles. The first-order chi connectivity index (χ1) is 23.6. The number of anilines is 1. The van der Waals surface area contributed by atoms with E-state index in [1.165, 1.54) is 55.5 Å². The van der Waals surface area contributed by atoms with E-state index in [1.807, 2.05) is 0 Å². The number of halogens is 4. The number of aliphatic hydroxyl groups is 1. The van der Waals surface area contributed by atoms with Gasteiger partial charge in [-0.25, -0.2) is 23.2 Å². The van der Waals surface area contributed by atoms with Crippen LogP contribution in [-0.4, -0.2) is 50.9 Å². The van der Waals surface area contributed by atoms with Crippen LogP contribution in [-0.2, 0) is 18.3 Å². The number of nitrogens with two attached hydrogens (primary N) is 1. The Morgan fingerprint density at radius 3 is 2.52 bits per heavy atom. The summed E-state index contributed by atoms with van der Waals surface area (Å²) in [4.78, 5) is 26.6. The van der Waals surface area contributed by atoms with Crippen LogP contribution < -0.4 is 21.2 Å². The number of rotatable bonds is 13. The Balaban J connectivity index is 1.32. The average Bonchev–Trinajstić information content (AvgIpc) is 3.28. The molecule has 5 atom stereocenters. The van der Waals surface area contributed by atoms with Crippen molar-refractivity contribution in [3.8, 4) is 22.6 Å². The summed E-state index contributed by atoms with van der Waals surface area (Å²) >= 11 is 0. The third-order valence-electron chi connectivity index (χ3n) is 7.51. The van der Waals surface area contributed by atoms with Gasteiger partial charge >= 0.3 is 25.0 Å². The molecular formula is C31H30F4N5O9P. The molecule has 5 rings (SSSR count). The van der Waals surface area contributed by atoms with Gasteiger partial charge in [-0.3, -0.25) is 23.7 Å². The van der Waals surface area contributed by atoms with Gasteiger partial charge in [-0.1, -0.05) is 19.1 Å². The third-order valence-corrected chi connectivity index (χ3v) is 9.30. The highest BCUT2D eigenvalue weighted by Crippen LogP contribution is 2.50. The van der Waals surface area contributed by atoms with Crippen LogP contribution in [0.25, 0.3) is 11.1 Å². The van der Waals surface area contributed by atoms with Crippen LogP contribution in [0.2, 0.25) is 0 Å². The van der Waals surface area contributed by atoms with E-state index in [1.54, 1.807) is 6.92 Å². The molecular weight excluding hydrogens is 693 g/mol. The molecule has 50 heavy (non-hydrogen) atoms. The Bertz CT molecular complexity index is 1990. The number of hydrogen-bond acceptors (Lipinski definition) is 11. The van der Waals surface area contributed by atoms with E-state index in [-0.39, 0.29) is 35.0 Å². The summed E-state index contributed by atoms with van der Waals surface area (Å²) in [6.07, 6.45) is -6.76. The second kappa shape index (κ2) is 14.6. The SMILES string of the molecule is CCNP(=O)(OCC1OC(n2ccc(N)nc2=O)C(F)(F)C1O)OC(C)c1ccc([N+](=O)[O-])c(Oc2ccc(-c3ccc(F)cc3)c(F)c2)c1. The van der Waals surface area contributed by atoms with E-state index < -0.39 is 72.8 Å². The number of nitro benzene ring substituents is 1. The maximum atomic E-state index is 15.0. The Hall–Kier alpha value is -4.71. The lowest BCUT2D eigenvalue weighted by Crippen LogP contribution is -2.42. The van der Waals surface area contributed by atoms with Crippen LogP contribution in [0.5, 0.6) is 11.5 Å². The predicted molar refractivity (Wildman–Crippen MR) is 169 cm³/mol. The summed E-state index contributed by atoms with van der Waals surface area (Å²) in [5, 5.41) is 24.6. The Morgan fingerprint density at radius 2 is 1.88 bits per heavy atom. The van der Waals surface area contributed by atoms with Gasteiger partial charge in [-0.05, 0) is 60.5 Å². The third kappa shape index (κ3) is 7.85. The largest absolute Gasteiger partial charge is 0.450 e. The van der Waals surface area contributed by atoms with Crippen LogP contribution in [0.4, 0.5) is 29.1 Å². The monoisotopic (exact) mass is 723 g/mol. The average molecular weight is 724 g/mol. The zero-order chi connectivity index (χ0) is 36.4.